The highest BCUT2D eigenvalue weighted by Gasteiger charge is 2.18. The fourth-order valence-corrected chi connectivity index (χ4v) is 2.86. The van der Waals surface area contributed by atoms with Gasteiger partial charge in [-0.3, -0.25) is 14.5 Å². The van der Waals surface area contributed by atoms with Gasteiger partial charge in [0.2, 0.25) is 11.8 Å². The van der Waals surface area contributed by atoms with Gasteiger partial charge in [0.05, 0.1) is 24.4 Å². The van der Waals surface area contributed by atoms with Crippen molar-refractivity contribution in [3.8, 4) is 0 Å². The predicted molar refractivity (Wildman–Crippen MR) is 97.4 cm³/mol. The van der Waals surface area contributed by atoms with Crippen LogP contribution >= 0.6 is 11.3 Å². The van der Waals surface area contributed by atoms with Crippen molar-refractivity contribution in [2.24, 2.45) is 5.92 Å². The zero-order valence-electron chi connectivity index (χ0n) is 14.9. The highest BCUT2D eigenvalue weighted by molar-refractivity contribution is 7.13. The van der Waals surface area contributed by atoms with Crippen molar-refractivity contribution in [3.05, 3.63) is 35.2 Å². The van der Waals surface area contributed by atoms with Crippen LogP contribution in [0.25, 0.3) is 0 Å². The van der Waals surface area contributed by atoms with Gasteiger partial charge in [0.25, 0.3) is 0 Å². The maximum absolute atomic E-state index is 12.2. The normalized spacial score (nSPS) is 12.4. The van der Waals surface area contributed by atoms with Gasteiger partial charge in [0, 0.05) is 17.8 Å². The van der Waals surface area contributed by atoms with Crippen LogP contribution in [-0.2, 0) is 16.0 Å². The van der Waals surface area contributed by atoms with Gasteiger partial charge in [-0.2, -0.15) is 0 Å². The molecule has 0 saturated heterocycles. The molecule has 0 saturated carbocycles. The first-order valence-electron chi connectivity index (χ1n) is 8.08. The summed E-state index contributed by atoms with van der Waals surface area (Å²) in [4.78, 5) is 30.1. The van der Waals surface area contributed by atoms with Gasteiger partial charge in [-0.05, 0) is 26.2 Å². The van der Waals surface area contributed by atoms with Crippen LogP contribution < -0.4 is 10.6 Å². The van der Waals surface area contributed by atoms with Crippen LogP contribution in [0.5, 0.6) is 0 Å². The molecule has 2 heterocycles. The lowest BCUT2D eigenvalue weighted by Crippen LogP contribution is -2.35. The van der Waals surface area contributed by atoms with Crippen LogP contribution in [0, 0.1) is 5.92 Å². The topological polar surface area (TPSA) is 87.5 Å². The second-order valence-corrected chi connectivity index (χ2v) is 7.12. The molecule has 136 valence electrons. The summed E-state index contributed by atoms with van der Waals surface area (Å²) in [6.45, 7) is 4.08. The van der Waals surface area contributed by atoms with Crippen molar-refractivity contribution < 1.29 is 14.0 Å². The number of aromatic nitrogens is 1. The quantitative estimate of drug-likeness (QED) is 0.750. The number of nitrogens with one attached hydrogen (secondary N) is 2. The summed E-state index contributed by atoms with van der Waals surface area (Å²) < 4.78 is 5.42. The molecule has 0 fully saturated rings. The molecule has 0 aliphatic carbocycles. The molecule has 2 N–H and O–H groups in total. The monoisotopic (exact) mass is 364 g/mol. The first-order valence-corrected chi connectivity index (χ1v) is 8.96. The molecule has 2 amide bonds. The van der Waals surface area contributed by atoms with E-state index in [4.69, 9.17) is 4.42 Å². The average molecular weight is 364 g/mol. The minimum Gasteiger partial charge on any atom is -0.468 e. The van der Waals surface area contributed by atoms with Gasteiger partial charge >= 0.3 is 0 Å². The maximum atomic E-state index is 12.2. The average Bonchev–Trinajstić information content (AvgIpc) is 3.19. The van der Waals surface area contributed by atoms with E-state index in [0.29, 0.717) is 17.4 Å². The molecule has 0 aromatic carbocycles. The Morgan fingerprint density at radius 2 is 2.12 bits per heavy atom. The Morgan fingerprint density at radius 1 is 1.36 bits per heavy atom. The standard InChI is InChI=1S/C17H24N4O3S/c1-11(2)16(23)20-17-19-12(10-25-17)8-15(22)18-9-13(21(3)4)14-6-5-7-24-14/h5-7,10-11,13H,8-9H2,1-4H3,(H,18,22)(H,19,20,23). The Kier molecular flexibility index (Phi) is 6.72. The minimum atomic E-state index is -0.120. The maximum Gasteiger partial charge on any atom is 0.228 e. The van der Waals surface area contributed by atoms with E-state index in [1.54, 1.807) is 11.6 Å². The predicted octanol–water partition coefficient (Wildman–Crippen LogP) is 2.29. The second-order valence-electron chi connectivity index (χ2n) is 6.26. The first kappa shape index (κ1) is 19.1. The van der Waals surface area contributed by atoms with E-state index in [1.165, 1.54) is 11.3 Å². The number of furan rings is 1. The van der Waals surface area contributed by atoms with Crippen molar-refractivity contribution in [2.45, 2.75) is 26.3 Å². The molecule has 0 aliphatic rings. The Morgan fingerprint density at radius 3 is 2.72 bits per heavy atom. The number of hydrogen-bond donors (Lipinski definition) is 2. The summed E-state index contributed by atoms with van der Waals surface area (Å²) in [5.41, 5.74) is 0.640. The van der Waals surface area contributed by atoms with Gasteiger partial charge in [-0.25, -0.2) is 4.98 Å². The molecule has 0 bridgehead atoms. The van der Waals surface area contributed by atoms with E-state index in [0.717, 1.165) is 5.76 Å². The summed E-state index contributed by atoms with van der Waals surface area (Å²) in [5, 5.41) is 7.94. The van der Waals surface area contributed by atoms with Crippen LogP contribution in [0.1, 0.15) is 31.3 Å². The van der Waals surface area contributed by atoms with Crippen LogP contribution in [0.2, 0.25) is 0 Å². The highest BCUT2D eigenvalue weighted by Crippen LogP contribution is 2.18. The number of hydrogen-bond acceptors (Lipinski definition) is 6. The molecule has 8 heteroatoms. The Hall–Kier alpha value is -2.19. The number of carbonyl (C=O) groups excluding carboxylic acids is 2. The molecule has 1 atom stereocenters. The molecular formula is C17H24N4O3S. The Balaban J connectivity index is 1.86. The SMILES string of the molecule is CC(C)C(=O)Nc1nc(CC(=O)NCC(c2ccco2)N(C)C)cs1. The molecule has 0 spiro atoms. The lowest BCUT2D eigenvalue weighted by molar-refractivity contribution is -0.121. The number of thiazole rings is 1. The molecule has 0 radical (unpaired) electrons. The van der Waals surface area contributed by atoms with E-state index >= 15 is 0 Å². The van der Waals surface area contributed by atoms with E-state index in [2.05, 4.69) is 15.6 Å². The fraction of sp³-hybridized carbons (Fsp3) is 0.471. The molecule has 1 unspecified atom stereocenters. The lowest BCUT2D eigenvalue weighted by Gasteiger charge is -2.22. The van der Waals surface area contributed by atoms with Crippen molar-refractivity contribution in [3.63, 3.8) is 0 Å². The van der Waals surface area contributed by atoms with Crippen molar-refractivity contribution in [1.82, 2.24) is 15.2 Å². The molecule has 0 aliphatic heterocycles. The second kappa shape index (κ2) is 8.77. The summed E-state index contributed by atoms with van der Waals surface area (Å²) in [6, 6.07) is 3.69. The molecule has 2 aromatic rings. The largest absolute Gasteiger partial charge is 0.468 e. The van der Waals surface area contributed by atoms with Crippen LogP contribution in [0.4, 0.5) is 5.13 Å². The van der Waals surface area contributed by atoms with Crippen LogP contribution in [0.3, 0.4) is 0 Å². The molecular weight excluding hydrogens is 340 g/mol. The number of amides is 2. The van der Waals surface area contributed by atoms with Crippen LogP contribution in [-0.4, -0.2) is 42.3 Å². The number of rotatable bonds is 8. The van der Waals surface area contributed by atoms with Crippen molar-refractivity contribution >= 4 is 28.3 Å². The van der Waals surface area contributed by atoms with Crippen molar-refractivity contribution in [1.29, 1.82) is 0 Å². The number of anilines is 1. The van der Waals surface area contributed by atoms with Gasteiger partial charge < -0.3 is 15.1 Å². The summed E-state index contributed by atoms with van der Waals surface area (Å²) in [5.74, 6) is 0.487. The molecule has 2 rings (SSSR count). The van der Waals surface area contributed by atoms with Gasteiger partial charge in [0.15, 0.2) is 5.13 Å². The Labute approximate surface area is 151 Å². The minimum absolute atomic E-state index is 0.0322. The van der Waals surface area contributed by atoms with Gasteiger partial charge in [0.1, 0.15) is 5.76 Å². The third-order valence-electron chi connectivity index (χ3n) is 3.64. The van der Waals surface area contributed by atoms with Gasteiger partial charge in [-0.15, -0.1) is 11.3 Å². The first-order chi connectivity index (χ1) is 11.9. The summed E-state index contributed by atoms with van der Waals surface area (Å²) >= 11 is 1.32. The smallest absolute Gasteiger partial charge is 0.228 e. The molecule has 7 nitrogen and oxygen atoms in total. The van der Waals surface area contributed by atoms with E-state index in [9.17, 15) is 9.59 Å². The van der Waals surface area contributed by atoms with E-state index in [-0.39, 0.29) is 30.2 Å². The molecule has 25 heavy (non-hydrogen) atoms. The zero-order chi connectivity index (χ0) is 18.4. The van der Waals surface area contributed by atoms with E-state index < -0.39 is 0 Å². The van der Waals surface area contributed by atoms with Crippen LogP contribution in [0.15, 0.2) is 28.2 Å². The lowest BCUT2D eigenvalue weighted by atomic mass is 10.2. The zero-order valence-corrected chi connectivity index (χ0v) is 15.7. The summed E-state index contributed by atoms with van der Waals surface area (Å²) in [7, 11) is 3.87. The third kappa shape index (κ3) is 5.68. The van der Waals surface area contributed by atoms with E-state index in [1.807, 2.05) is 45.0 Å². The summed E-state index contributed by atoms with van der Waals surface area (Å²) in [6.07, 6.45) is 1.79. The highest BCUT2D eigenvalue weighted by atomic mass is 32.1. The van der Waals surface area contributed by atoms with Gasteiger partial charge in [-0.1, -0.05) is 13.8 Å². The third-order valence-corrected chi connectivity index (χ3v) is 4.44. The number of carbonyl (C=O) groups is 2. The molecule has 2 aromatic heterocycles. The fourth-order valence-electron chi connectivity index (χ4n) is 2.15. The Bertz CT molecular complexity index is 695. The van der Waals surface area contributed by atoms with Crippen molar-refractivity contribution in [2.75, 3.05) is 26.0 Å². The number of nitrogens with zero attached hydrogens (tertiary/aromatic N) is 2. The number of likely N-dealkylation sites (N-methyl/N-ethyl adjacent to an activating group) is 1.